The van der Waals surface area contributed by atoms with Crippen molar-refractivity contribution >= 4 is 50.3 Å². The fourth-order valence-corrected chi connectivity index (χ4v) is 5.96. The number of aliphatic carboxylic acids is 1. The second-order valence-corrected chi connectivity index (χ2v) is 11.3. The molecule has 0 atom stereocenters. The van der Waals surface area contributed by atoms with Gasteiger partial charge < -0.3 is 25.0 Å². The van der Waals surface area contributed by atoms with Crippen LogP contribution in [0, 0.1) is 39.9 Å². The first kappa shape index (κ1) is 36.5. The molecule has 2 aliphatic rings. The molecule has 10 nitrogen and oxygen atoms in total. The van der Waals surface area contributed by atoms with Crippen LogP contribution < -0.4 is 9.72 Å². The van der Waals surface area contributed by atoms with Crippen LogP contribution in [0.1, 0.15) is 87.3 Å². The summed E-state index contributed by atoms with van der Waals surface area (Å²) in [6, 6.07) is 9.15. The number of aliphatic hydroxyl groups is 2. The van der Waals surface area contributed by atoms with E-state index in [2.05, 4.69) is 19.9 Å². The standard InChI is InChI=1S/C36H41N5O5.Gd/c1-5-24-25(6-2)30-17-32-27(10-8-14-43)22(4)35(41-32)19-38-33-15-23(46-20-36(44)45)11-12-28(33)37-18-34-21(3)26(9-7-13-42)31(40-34)16-29(24)39-30;/h11-12,15-19,42-43H,5-10,13-14,20H2,1-4H3,(H2,37,38,39,40,41,44,45);/p-1. The van der Waals surface area contributed by atoms with Gasteiger partial charge >= 0.3 is 5.97 Å². The molecule has 2 aliphatic heterocycles. The molecule has 0 saturated heterocycles. The third kappa shape index (κ3) is 8.21. The van der Waals surface area contributed by atoms with Crippen LogP contribution in [0.15, 0.2) is 42.7 Å². The number of fused-ring (bicyclic) bond motifs is 7. The number of ether oxygens (including phenoxy) is 1. The Balaban J connectivity index is 0.00000500. The van der Waals surface area contributed by atoms with Crippen molar-refractivity contribution in [3.8, 4) is 5.75 Å². The molecule has 0 fully saturated rings. The average molecular weight is 780 g/mol. The molecule has 47 heavy (non-hydrogen) atoms. The van der Waals surface area contributed by atoms with Crippen LogP contribution in [-0.2, 0) is 17.6 Å². The Morgan fingerprint density at radius 3 is 1.74 bits per heavy atom. The number of rotatable bonds is 11. The molecule has 5 rings (SSSR count). The van der Waals surface area contributed by atoms with E-state index in [-0.39, 0.29) is 53.2 Å². The van der Waals surface area contributed by atoms with E-state index in [4.69, 9.17) is 34.8 Å². The Morgan fingerprint density at radius 2 is 1.28 bits per heavy atom. The number of hydrogen-bond acceptors (Lipinski definition) is 8. The number of aliphatic hydroxyl groups excluding tert-OH is 2. The van der Waals surface area contributed by atoms with Gasteiger partial charge in [0.05, 0.1) is 46.2 Å². The minimum atomic E-state index is -1.08. The van der Waals surface area contributed by atoms with Gasteiger partial charge in [-0.2, -0.15) is 0 Å². The van der Waals surface area contributed by atoms with E-state index in [1.54, 1.807) is 30.6 Å². The van der Waals surface area contributed by atoms with Crippen LogP contribution in [-0.4, -0.2) is 61.0 Å². The number of carboxylic acid groups (broad SMARTS) is 1. The van der Waals surface area contributed by atoms with Crippen molar-refractivity contribution in [2.45, 2.75) is 66.2 Å². The molecule has 248 valence electrons. The number of aromatic nitrogens is 5. The van der Waals surface area contributed by atoms with Crippen LogP contribution in [0.4, 0.5) is 0 Å². The number of allylic oxidation sites excluding steroid dienone is 4. The molecular weight excluding hydrogens is 740 g/mol. The molecule has 0 radical (unpaired) electrons. The molecular formula is C36H40GdN5O5-. The molecule has 6 bridgehead atoms. The van der Waals surface area contributed by atoms with Gasteiger partial charge in [-0.15, -0.1) is 11.0 Å². The number of benzene rings is 1. The van der Waals surface area contributed by atoms with Crippen molar-refractivity contribution in [1.82, 2.24) is 24.9 Å². The zero-order valence-electron chi connectivity index (χ0n) is 27.2. The van der Waals surface area contributed by atoms with Gasteiger partial charge in [0.2, 0.25) is 0 Å². The summed E-state index contributed by atoms with van der Waals surface area (Å²) < 4.78 is 5.44. The van der Waals surface area contributed by atoms with E-state index in [0.717, 1.165) is 57.6 Å². The van der Waals surface area contributed by atoms with E-state index >= 15 is 0 Å². The maximum absolute atomic E-state index is 11.1. The zero-order chi connectivity index (χ0) is 32.8. The summed E-state index contributed by atoms with van der Waals surface area (Å²) in [6.07, 6.45) is 7.54. The number of hydrogen-bond donors (Lipinski definition) is 3. The molecule has 4 heterocycles. The fourth-order valence-electron chi connectivity index (χ4n) is 5.96. The monoisotopic (exact) mass is 780 g/mol. The average Bonchev–Trinajstić information content (AvgIpc) is 3.64. The third-order valence-electron chi connectivity index (χ3n) is 8.38. The first-order valence-corrected chi connectivity index (χ1v) is 15.8. The molecule has 0 saturated carbocycles. The first-order valence-electron chi connectivity index (χ1n) is 15.8. The first-order chi connectivity index (χ1) is 22.3. The van der Waals surface area contributed by atoms with Crippen LogP contribution in [0.3, 0.4) is 0 Å². The summed E-state index contributed by atoms with van der Waals surface area (Å²) in [5.41, 5.74) is 12.2. The topological polar surface area (TPSA) is 153 Å². The van der Waals surface area contributed by atoms with Crippen LogP contribution in [0.5, 0.6) is 5.75 Å². The zero-order valence-corrected chi connectivity index (χ0v) is 29.4. The molecule has 0 unspecified atom stereocenters. The largest absolute Gasteiger partial charge is 0.657 e. The van der Waals surface area contributed by atoms with Crippen molar-refractivity contribution in [3.63, 3.8) is 0 Å². The molecule has 3 N–H and O–H groups in total. The summed E-state index contributed by atoms with van der Waals surface area (Å²) in [5.74, 6) is -0.724. The number of nitrogens with zero attached hydrogens (tertiary/aromatic N) is 5. The molecule has 0 spiro atoms. The minimum Gasteiger partial charge on any atom is -0.657 e. The van der Waals surface area contributed by atoms with Crippen LogP contribution >= 0.6 is 0 Å². The van der Waals surface area contributed by atoms with Crippen molar-refractivity contribution in [3.05, 3.63) is 76.6 Å². The normalized spacial score (nSPS) is 12.6. The second kappa shape index (κ2) is 16.7. The summed E-state index contributed by atoms with van der Waals surface area (Å²) in [5, 5.41) is 28.4. The fraction of sp³-hybridized carbons (Fsp3) is 0.361. The Labute approximate surface area is 306 Å². The Kier molecular flexibility index (Phi) is 12.9. The van der Waals surface area contributed by atoms with Gasteiger partial charge in [0.1, 0.15) is 5.75 Å². The van der Waals surface area contributed by atoms with E-state index in [1.807, 2.05) is 19.9 Å². The quantitative estimate of drug-likeness (QED) is 0.213. The van der Waals surface area contributed by atoms with Gasteiger partial charge in [0.15, 0.2) is 6.61 Å². The molecule has 2 aromatic heterocycles. The van der Waals surface area contributed by atoms with Gasteiger partial charge in [-0.1, -0.05) is 37.1 Å². The van der Waals surface area contributed by atoms with Crippen LogP contribution in [0.25, 0.3) is 44.4 Å². The molecule has 3 aromatic rings. The van der Waals surface area contributed by atoms with Gasteiger partial charge in [0.25, 0.3) is 0 Å². The number of carboxylic acids is 1. The number of carbonyl (C=O) groups is 1. The summed E-state index contributed by atoms with van der Waals surface area (Å²) in [6.45, 7) is 7.96. The predicted molar refractivity (Wildman–Crippen MR) is 180 cm³/mol. The molecule has 0 amide bonds. The predicted octanol–water partition coefficient (Wildman–Crippen LogP) is 5.96. The van der Waals surface area contributed by atoms with E-state index in [0.29, 0.717) is 53.9 Å². The maximum Gasteiger partial charge on any atom is 0.341 e. The smallest absolute Gasteiger partial charge is 0.341 e. The Bertz CT molecular complexity index is 1920. The van der Waals surface area contributed by atoms with E-state index in [1.165, 1.54) is 11.1 Å². The second-order valence-electron chi connectivity index (χ2n) is 11.3. The summed E-state index contributed by atoms with van der Waals surface area (Å²) >= 11 is 0. The third-order valence-corrected chi connectivity index (χ3v) is 8.38. The van der Waals surface area contributed by atoms with Crippen molar-refractivity contribution in [2.24, 2.45) is 0 Å². The Hall–Kier alpha value is -3.35. The van der Waals surface area contributed by atoms with Gasteiger partial charge in [-0.05, 0) is 86.8 Å². The number of aryl methyl sites for hydroxylation is 2. The van der Waals surface area contributed by atoms with Crippen molar-refractivity contribution in [1.29, 1.82) is 0 Å². The van der Waals surface area contributed by atoms with Gasteiger partial charge in [0, 0.05) is 59.2 Å². The molecule has 1 aromatic carbocycles. The van der Waals surface area contributed by atoms with Crippen molar-refractivity contribution in [2.75, 3.05) is 19.8 Å². The molecule has 11 heteroatoms. The SMILES string of the molecule is CCc1c(CC)c2cc3nc(cnc4cc(OCC(=O)O)ccc4ncc4nc(cc1[n-]2)C(CCCO)=C4C)C(C)=C3CCCO.[Gd]. The summed E-state index contributed by atoms with van der Waals surface area (Å²) in [7, 11) is 0. The maximum atomic E-state index is 11.1. The van der Waals surface area contributed by atoms with Gasteiger partial charge in [-0.25, -0.2) is 14.8 Å². The minimum absolute atomic E-state index is 0. The summed E-state index contributed by atoms with van der Waals surface area (Å²) in [4.78, 5) is 35.8. The van der Waals surface area contributed by atoms with Crippen LogP contribution in [0.2, 0.25) is 0 Å². The van der Waals surface area contributed by atoms with E-state index < -0.39 is 12.6 Å². The van der Waals surface area contributed by atoms with Gasteiger partial charge in [-0.3, -0.25) is 9.97 Å². The van der Waals surface area contributed by atoms with E-state index in [9.17, 15) is 15.0 Å². The molecule has 0 aliphatic carbocycles. The van der Waals surface area contributed by atoms with Crippen molar-refractivity contribution < 1.29 is 64.8 Å². The Morgan fingerprint density at radius 1 is 0.766 bits per heavy atom.